The van der Waals surface area contributed by atoms with E-state index in [1.165, 1.54) is 4.90 Å². The van der Waals surface area contributed by atoms with Gasteiger partial charge in [0.25, 0.3) is 5.91 Å². The summed E-state index contributed by atoms with van der Waals surface area (Å²) in [6.07, 6.45) is 0. The Morgan fingerprint density at radius 3 is 2.27 bits per heavy atom. The summed E-state index contributed by atoms with van der Waals surface area (Å²) in [7, 11) is 1.61. The lowest BCUT2D eigenvalue weighted by molar-refractivity contribution is -0.139. The third-order valence-corrected chi connectivity index (χ3v) is 7.28. The minimum Gasteiger partial charge on any atom is -0.463 e. The van der Waals surface area contributed by atoms with Crippen LogP contribution in [0.15, 0.2) is 53.7 Å². The Labute approximate surface area is 230 Å². The van der Waals surface area contributed by atoms with Crippen LogP contribution in [-0.2, 0) is 9.53 Å². The Balaban J connectivity index is 1.58. The van der Waals surface area contributed by atoms with Crippen molar-refractivity contribution in [2.24, 2.45) is 0 Å². The fraction of sp³-hybridized carbons (Fsp3) is 0.346. The van der Waals surface area contributed by atoms with Crippen LogP contribution in [-0.4, -0.2) is 79.0 Å². The van der Waals surface area contributed by atoms with Gasteiger partial charge in [0.15, 0.2) is 0 Å². The van der Waals surface area contributed by atoms with Crippen molar-refractivity contribution in [2.45, 2.75) is 13.0 Å². The van der Waals surface area contributed by atoms with Gasteiger partial charge < -0.3 is 15.0 Å². The first kappa shape index (κ1) is 27.3. The Hall–Kier alpha value is -2.78. The van der Waals surface area contributed by atoms with Crippen LogP contribution < -0.4 is 5.32 Å². The lowest BCUT2D eigenvalue weighted by Gasteiger charge is -2.39. The number of esters is 1. The van der Waals surface area contributed by atoms with Crippen LogP contribution in [0.5, 0.6) is 0 Å². The van der Waals surface area contributed by atoms with Gasteiger partial charge in [-0.3, -0.25) is 14.6 Å². The SMILES string of the molecule is CCOC(=O)C1=C(CN2CCN(C(=O)c3ccc(Cl)cc3)CC2)N(C)C(=O)NC1c1ccc(Cl)cc1Cl. The van der Waals surface area contributed by atoms with Crippen molar-refractivity contribution in [1.82, 2.24) is 20.0 Å². The molecule has 1 saturated heterocycles. The standard InChI is InChI=1S/C26H27Cl3N4O4/c1-3-37-25(35)22-21(31(2)26(36)30-23(22)19-9-8-18(28)14-20(19)29)15-32-10-12-33(13-11-32)24(34)16-4-6-17(27)7-5-16/h4-9,14,23H,3,10-13,15H2,1-2H3,(H,30,36). The highest BCUT2D eigenvalue weighted by atomic mass is 35.5. The molecule has 196 valence electrons. The number of ether oxygens (including phenoxy) is 1. The third kappa shape index (κ3) is 6.04. The molecular formula is C26H27Cl3N4O4. The number of halogens is 3. The Kier molecular flexibility index (Phi) is 8.64. The molecule has 2 aromatic carbocycles. The first-order valence-corrected chi connectivity index (χ1v) is 13.0. The number of hydrogen-bond donors (Lipinski definition) is 1. The molecule has 11 heteroatoms. The van der Waals surface area contributed by atoms with Crippen LogP contribution in [0.4, 0.5) is 4.79 Å². The van der Waals surface area contributed by atoms with Gasteiger partial charge in [0, 0.05) is 66.1 Å². The van der Waals surface area contributed by atoms with Gasteiger partial charge in [-0.15, -0.1) is 0 Å². The van der Waals surface area contributed by atoms with Gasteiger partial charge in [-0.1, -0.05) is 40.9 Å². The molecule has 37 heavy (non-hydrogen) atoms. The average molecular weight is 566 g/mol. The summed E-state index contributed by atoms with van der Waals surface area (Å²) in [6.45, 7) is 4.38. The highest BCUT2D eigenvalue weighted by Crippen LogP contribution is 2.36. The molecule has 4 rings (SSSR count). The second-order valence-corrected chi connectivity index (χ2v) is 10.0. The summed E-state index contributed by atoms with van der Waals surface area (Å²) in [5.74, 6) is -0.591. The second-order valence-electron chi connectivity index (χ2n) is 8.76. The van der Waals surface area contributed by atoms with Gasteiger partial charge in [0.1, 0.15) is 0 Å². The van der Waals surface area contributed by atoms with Crippen LogP contribution in [0.1, 0.15) is 28.9 Å². The largest absolute Gasteiger partial charge is 0.463 e. The molecule has 1 atom stereocenters. The normalized spacial score (nSPS) is 18.6. The number of nitrogens with zero attached hydrogens (tertiary/aromatic N) is 3. The number of amides is 3. The van der Waals surface area contributed by atoms with E-state index in [-0.39, 0.29) is 18.5 Å². The molecule has 2 aromatic rings. The topological polar surface area (TPSA) is 82.2 Å². The van der Waals surface area contributed by atoms with Crippen molar-refractivity contribution in [3.8, 4) is 0 Å². The summed E-state index contributed by atoms with van der Waals surface area (Å²) in [6, 6.07) is 10.6. The van der Waals surface area contributed by atoms with Crippen LogP contribution >= 0.6 is 34.8 Å². The number of carbonyl (C=O) groups excluding carboxylic acids is 3. The molecule has 0 aromatic heterocycles. The molecule has 0 bridgehead atoms. The molecular weight excluding hydrogens is 539 g/mol. The number of urea groups is 1. The monoisotopic (exact) mass is 564 g/mol. The van der Waals surface area contributed by atoms with Gasteiger partial charge in [-0.2, -0.15) is 0 Å². The number of likely N-dealkylation sites (N-methyl/N-ethyl adjacent to an activating group) is 1. The smallest absolute Gasteiger partial charge is 0.338 e. The number of hydrogen-bond acceptors (Lipinski definition) is 5. The van der Waals surface area contributed by atoms with E-state index >= 15 is 0 Å². The van der Waals surface area contributed by atoms with Crippen molar-refractivity contribution in [2.75, 3.05) is 46.4 Å². The maximum absolute atomic E-state index is 13.2. The Morgan fingerprint density at radius 2 is 1.65 bits per heavy atom. The van der Waals surface area contributed by atoms with E-state index in [0.717, 1.165) is 0 Å². The zero-order valence-corrected chi connectivity index (χ0v) is 22.7. The van der Waals surface area contributed by atoms with E-state index in [9.17, 15) is 14.4 Å². The van der Waals surface area contributed by atoms with Crippen molar-refractivity contribution in [3.63, 3.8) is 0 Å². The molecule has 2 heterocycles. The molecule has 2 aliphatic heterocycles. The molecule has 0 radical (unpaired) electrons. The minimum atomic E-state index is -0.796. The summed E-state index contributed by atoms with van der Waals surface area (Å²) in [4.78, 5) is 44.3. The fourth-order valence-corrected chi connectivity index (χ4v) is 5.11. The van der Waals surface area contributed by atoms with Crippen LogP contribution in [0, 0.1) is 0 Å². The Bertz CT molecular complexity index is 1230. The van der Waals surface area contributed by atoms with E-state index in [4.69, 9.17) is 39.5 Å². The number of benzene rings is 2. The second kappa shape index (κ2) is 11.7. The minimum absolute atomic E-state index is 0.0608. The van der Waals surface area contributed by atoms with E-state index in [0.29, 0.717) is 70.2 Å². The predicted octanol–water partition coefficient (Wildman–Crippen LogP) is 4.62. The van der Waals surface area contributed by atoms with Crippen LogP contribution in [0.25, 0.3) is 0 Å². The van der Waals surface area contributed by atoms with Gasteiger partial charge in [0.2, 0.25) is 0 Å². The van der Waals surface area contributed by atoms with Crippen molar-refractivity contribution < 1.29 is 19.1 Å². The maximum atomic E-state index is 13.2. The predicted molar refractivity (Wildman–Crippen MR) is 143 cm³/mol. The highest BCUT2D eigenvalue weighted by Gasteiger charge is 2.38. The van der Waals surface area contributed by atoms with Crippen LogP contribution in [0.2, 0.25) is 15.1 Å². The first-order chi connectivity index (χ1) is 17.7. The average Bonchev–Trinajstić information content (AvgIpc) is 2.87. The summed E-state index contributed by atoms with van der Waals surface area (Å²) in [5.41, 5.74) is 1.96. The van der Waals surface area contributed by atoms with E-state index in [1.807, 2.05) is 0 Å². The molecule has 3 amide bonds. The van der Waals surface area contributed by atoms with Crippen molar-refractivity contribution >= 4 is 52.7 Å². The molecule has 0 spiro atoms. The lowest BCUT2D eigenvalue weighted by Crippen LogP contribution is -2.53. The maximum Gasteiger partial charge on any atom is 0.338 e. The van der Waals surface area contributed by atoms with E-state index < -0.39 is 12.0 Å². The summed E-state index contributed by atoms with van der Waals surface area (Å²) < 4.78 is 5.38. The van der Waals surface area contributed by atoms with Gasteiger partial charge in [-0.05, 0) is 48.9 Å². The quantitative estimate of drug-likeness (QED) is 0.517. The first-order valence-electron chi connectivity index (χ1n) is 11.9. The van der Waals surface area contributed by atoms with Gasteiger partial charge >= 0.3 is 12.0 Å². The van der Waals surface area contributed by atoms with Crippen molar-refractivity contribution in [1.29, 1.82) is 0 Å². The van der Waals surface area contributed by atoms with E-state index in [1.54, 1.807) is 61.3 Å². The summed E-state index contributed by atoms with van der Waals surface area (Å²) in [5, 5.41) is 4.21. The number of nitrogens with one attached hydrogen (secondary N) is 1. The Morgan fingerprint density at radius 1 is 1.00 bits per heavy atom. The number of carbonyl (C=O) groups is 3. The summed E-state index contributed by atoms with van der Waals surface area (Å²) >= 11 is 18.5. The van der Waals surface area contributed by atoms with Gasteiger partial charge in [0.05, 0.1) is 18.2 Å². The highest BCUT2D eigenvalue weighted by molar-refractivity contribution is 6.35. The van der Waals surface area contributed by atoms with Crippen molar-refractivity contribution in [3.05, 3.63) is 79.9 Å². The molecule has 0 saturated carbocycles. The van der Waals surface area contributed by atoms with E-state index in [2.05, 4.69) is 10.2 Å². The molecule has 8 nitrogen and oxygen atoms in total. The zero-order chi connectivity index (χ0) is 26.7. The zero-order valence-electron chi connectivity index (χ0n) is 20.5. The van der Waals surface area contributed by atoms with Gasteiger partial charge in [-0.25, -0.2) is 9.59 Å². The fourth-order valence-electron chi connectivity index (χ4n) is 4.46. The van der Waals surface area contributed by atoms with Crippen LogP contribution in [0.3, 0.4) is 0 Å². The molecule has 1 fully saturated rings. The molecule has 0 aliphatic carbocycles. The number of piperazine rings is 1. The third-order valence-electron chi connectivity index (χ3n) is 6.47. The molecule has 1 unspecified atom stereocenters. The number of rotatable bonds is 6. The molecule has 1 N–H and O–H groups in total. The molecule has 2 aliphatic rings. The lowest BCUT2D eigenvalue weighted by atomic mass is 9.94.